The van der Waals surface area contributed by atoms with Gasteiger partial charge in [-0.1, -0.05) is 0 Å². The zero-order chi connectivity index (χ0) is 19.1. The Bertz CT molecular complexity index is 887. The van der Waals surface area contributed by atoms with Gasteiger partial charge in [0.1, 0.15) is 17.1 Å². The normalized spacial score (nSPS) is 10.7. The van der Waals surface area contributed by atoms with Crippen LogP contribution in [0.5, 0.6) is 11.5 Å². The Morgan fingerprint density at radius 2 is 1.96 bits per heavy atom. The largest absolute Gasteiger partial charge is 0.497 e. The molecule has 0 aliphatic rings. The molecule has 0 spiro atoms. The average Bonchev–Trinajstić information content (AvgIpc) is 3.07. The van der Waals surface area contributed by atoms with E-state index < -0.39 is 0 Å². The van der Waals surface area contributed by atoms with Crippen LogP contribution in [0.4, 0.5) is 0 Å². The van der Waals surface area contributed by atoms with Crippen LogP contribution >= 0.6 is 0 Å². The lowest BCUT2D eigenvalue weighted by Gasteiger charge is -2.07. The maximum atomic E-state index is 11.9. The fourth-order valence-electron chi connectivity index (χ4n) is 2.77. The summed E-state index contributed by atoms with van der Waals surface area (Å²) in [6, 6.07) is 11.5. The quantitative estimate of drug-likeness (QED) is 0.590. The zero-order valence-electron chi connectivity index (χ0n) is 15.8. The van der Waals surface area contributed by atoms with Crippen LogP contribution < -0.4 is 14.8 Å². The lowest BCUT2D eigenvalue weighted by atomic mass is 10.3. The van der Waals surface area contributed by atoms with Gasteiger partial charge in [0.15, 0.2) is 0 Å². The van der Waals surface area contributed by atoms with Gasteiger partial charge < -0.3 is 19.2 Å². The Hall–Kier alpha value is -3.02. The Morgan fingerprint density at radius 1 is 1.19 bits per heavy atom. The van der Waals surface area contributed by atoms with Crippen LogP contribution in [0.2, 0.25) is 0 Å². The monoisotopic (exact) mass is 367 g/mol. The highest BCUT2D eigenvalue weighted by atomic mass is 16.5. The number of hydrogen-bond acceptors (Lipinski definition) is 4. The minimum absolute atomic E-state index is 0.0351. The smallest absolute Gasteiger partial charge is 0.220 e. The van der Waals surface area contributed by atoms with Crippen molar-refractivity contribution >= 4 is 11.6 Å². The first-order chi connectivity index (χ1) is 13.1. The van der Waals surface area contributed by atoms with E-state index in [0.717, 1.165) is 29.3 Å². The maximum Gasteiger partial charge on any atom is 0.220 e. The fourth-order valence-corrected chi connectivity index (χ4v) is 2.77. The highest BCUT2D eigenvalue weighted by Gasteiger charge is 2.05. The lowest BCUT2D eigenvalue weighted by Crippen LogP contribution is -2.25. The van der Waals surface area contributed by atoms with E-state index in [-0.39, 0.29) is 5.91 Å². The number of pyridine rings is 1. The van der Waals surface area contributed by atoms with Crippen LogP contribution in [-0.4, -0.2) is 35.6 Å². The number of hydrogen-bond donors (Lipinski definition) is 1. The number of ether oxygens (including phenoxy) is 2. The summed E-state index contributed by atoms with van der Waals surface area (Å²) in [7, 11) is 1.63. The van der Waals surface area contributed by atoms with Crippen LogP contribution in [0, 0.1) is 6.92 Å². The number of aryl methyl sites for hydroxylation is 1. The van der Waals surface area contributed by atoms with Gasteiger partial charge in [0.25, 0.3) is 0 Å². The fraction of sp³-hybridized carbons (Fsp3) is 0.333. The van der Waals surface area contributed by atoms with Crippen molar-refractivity contribution in [2.75, 3.05) is 20.3 Å². The van der Waals surface area contributed by atoms with E-state index in [4.69, 9.17) is 9.47 Å². The van der Waals surface area contributed by atoms with Gasteiger partial charge in [-0.15, -0.1) is 0 Å². The third kappa shape index (κ3) is 5.48. The van der Waals surface area contributed by atoms with Gasteiger partial charge in [-0.3, -0.25) is 4.79 Å². The molecule has 0 aliphatic carbocycles. The molecule has 2 aromatic heterocycles. The second-order valence-electron chi connectivity index (χ2n) is 6.43. The first-order valence-electron chi connectivity index (χ1n) is 9.12. The first kappa shape index (κ1) is 18.8. The molecule has 27 heavy (non-hydrogen) atoms. The zero-order valence-corrected chi connectivity index (χ0v) is 15.8. The van der Waals surface area contributed by atoms with Crippen molar-refractivity contribution in [1.82, 2.24) is 14.7 Å². The van der Waals surface area contributed by atoms with Crippen molar-refractivity contribution in [3.8, 4) is 11.5 Å². The molecule has 6 nitrogen and oxygen atoms in total. The number of carbonyl (C=O) groups excluding carboxylic acids is 1. The molecule has 0 saturated heterocycles. The number of methoxy groups -OCH3 is 1. The summed E-state index contributed by atoms with van der Waals surface area (Å²) in [6.45, 7) is 3.14. The number of nitrogens with zero attached hydrogens (tertiary/aromatic N) is 2. The van der Waals surface area contributed by atoms with Gasteiger partial charge in [0, 0.05) is 31.8 Å². The molecule has 1 N–H and O–H groups in total. The molecule has 3 rings (SSSR count). The van der Waals surface area contributed by atoms with Crippen LogP contribution in [0.3, 0.4) is 0 Å². The number of nitrogens with one attached hydrogen (secondary N) is 1. The second kappa shape index (κ2) is 9.07. The number of benzene rings is 1. The predicted molar refractivity (Wildman–Crippen MR) is 104 cm³/mol. The summed E-state index contributed by atoms with van der Waals surface area (Å²) < 4.78 is 12.7. The van der Waals surface area contributed by atoms with Crippen molar-refractivity contribution in [3.05, 3.63) is 60.0 Å². The Kier molecular flexibility index (Phi) is 6.30. The molecule has 0 radical (unpaired) electrons. The number of amides is 1. The van der Waals surface area contributed by atoms with E-state index in [0.29, 0.717) is 26.0 Å². The maximum absolute atomic E-state index is 11.9. The number of aromatic nitrogens is 2. The summed E-state index contributed by atoms with van der Waals surface area (Å²) in [4.78, 5) is 16.5. The molecule has 0 unspecified atom stereocenters. The SMILES string of the molecule is COc1ccc(OCCCC(=O)NCCc2cn3ccc(C)cc3n2)cc1. The van der Waals surface area contributed by atoms with E-state index in [1.54, 1.807) is 7.11 Å². The van der Waals surface area contributed by atoms with Crippen LogP contribution in [0.1, 0.15) is 24.1 Å². The molecule has 0 aliphatic heterocycles. The van der Waals surface area contributed by atoms with Crippen molar-refractivity contribution in [2.24, 2.45) is 0 Å². The molecule has 2 heterocycles. The second-order valence-corrected chi connectivity index (χ2v) is 6.43. The molecule has 0 fully saturated rings. The molecule has 0 bridgehead atoms. The highest BCUT2D eigenvalue weighted by Crippen LogP contribution is 2.17. The van der Waals surface area contributed by atoms with E-state index >= 15 is 0 Å². The van der Waals surface area contributed by atoms with Gasteiger partial charge in [0.05, 0.1) is 19.4 Å². The topological polar surface area (TPSA) is 64.9 Å². The molecule has 1 amide bonds. The summed E-state index contributed by atoms with van der Waals surface area (Å²) in [6.07, 6.45) is 5.84. The Labute approximate surface area is 159 Å². The molecule has 0 atom stereocenters. The molecule has 142 valence electrons. The number of carbonyl (C=O) groups is 1. The number of imidazole rings is 1. The number of rotatable bonds is 9. The van der Waals surface area contributed by atoms with Gasteiger partial charge in [-0.05, 0) is 55.3 Å². The standard InChI is InChI=1S/C21H25N3O3/c1-16-10-12-24-15-17(23-20(24)14-16)9-11-22-21(25)4-3-13-27-19-7-5-18(26-2)6-8-19/h5-8,10,12,14-15H,3-4,9,11,13H2,1-2H3,(H,22,25). The molecular weight excluding hydrogens is 342 g/mol. The number of fused-ring (bicyclic) bond motifs is 1. The third-order valence-electron chi connectivity index (χ3n) is 4.25. The van der Waals surface area contributed by atoms with Crippen molar-refractivity contribution in [1.29, 1.82) is 0 Å². The lowest BCUT2D eigenvalue weighted by molar-refractivity contribution is -0.121. The summed E-state index contributed by atoms with van der Waals surface area (Å²) in [5.74, 6) is 1.61. The van der Waals surface area contributed by atoms with Crippen LogP contribution in [-0.2, 0) is 11.2 Å². The van der Waals surface area contributed by atoms with Crippen molar-refractivity contribution < 1.29 is 14.3 Å². The van der Waals surface area contributed by atoms with Gasteiger partial charge in [-0.25, -0.2) is 4.98 Å². The van der Waals surface area contributed by atoms with Crippen LogP contribution in [0.15, 0.2) is 48.8 Å². The summed E-state index contributed by atoms with van der Waals surface area (Å²) in [5.41, 5.74) is 3.10. The summed E-state index contributed by atoms with van der Waals surface area (Å²) in [5, 5.41) is 2.94. The first-order valence-corrected chi connectivity index (χ1v) is 9.12. The van der Waals surface area contributed by atoms with E-state index in [1.807, 2.05) is 60.1 Å². The van der Waals surface area contributed by atoms with Crippen LogP contribution in [0.25, 0.3) is 5.65 Å². The minimum Gasteiger partial charge on any atom is -0.497 e. The molecule has 0 saturated carbocycles. The van der Waals surface area contributed by atoms with E-state index in [9.17, 15) is 4.79 Å². The summed E-state index contributed by atoms with van der Waals surface area (Å²) >= 11 is 0. The minimum atomic E-state index is 0.0351. The predicted octanol–water partition coefficient (Wildman–Crippen LogP) is 3.17. The average molecular weight is 367 g/mol. The Balaban J connectivity index is 1.33. The Morgan fingerprint density at radius 3 is 2.74 bits per heavy atom. The van der Waals surface area contributed by atoms with Crippen molar-refractivity contribution in [2.45, 2.75) is 26.2 Å². The third-order valence-corrected chi connectivity index (χ3v) is 4.25. The van der Waals surface area contributed by atoms with Gasteiger partial charge in [0.2, 0.25) is 5.91 Å². The molecule has 3 aromatic rings. The highest BCUT2D eigenvalue weighted by molar-refractivity contribution is 5.75. The molecule has 6 heteroatoms. The molecular formula is C21H25N3O3. The molecule has 1 aromatic carbocycles. The van der Waals surface area contributed by atoms with Crippen molar-refractivity contribution in [3.63, 3.8) is 0 Å². The van der Waals surface area contributed by atoms with Gasteiger partial charge in [-0.2, -0.15) is 0 Å². The van der Waals surface area contributed by atoms with E-state index in [2.05, 4.69) is 10.3 Å². The van der Waals surface area contributed by atoms with E-state index in [1.165, 1.54) is 5.56 Å². The van der Waals surface area contributed by atoms with Gasteiger partial charge >= 0.3 is 0 Å².